The summed E-state index contributed by atoms with van der Waals surface area (Å²) in [6.45, 7) is 2.20. The highest BCUT2D eigenvalue weighted by molar-refractivity contribution is 5.40. The third-order valence-corrected chi connectivity index (χ3v) is 4.50. The Morgan fingerprint density at radius 3 is 2.00 bits per heavy atom. The molecule has 1 aromatic rings. The molecule has 0 bridgehead atoms. The van der Waals surface area contributed by atoms with Gasteiger partial charge in [0.15, 0.2) is 0 Å². The lowest BCUT2D eigenvalue weighted by molar-refractivity contribution is 0.150. The molecular weight excluding hydrogens is 220 g/mol. The standard InChI is InChI=1S/C16H20N2/c17-13-16(18-9-5-1-2-6-10-18)11-14-7-3-4-8-15(14)12-16/h3-4,7-8H,1-2,5-6,9-12H2. The Labute approximate surface area is 109 Å². The zero-order valence-electron chi connectivity index (χ0n) is 10.9. The third kappa shape index (κ3) is 1.93. The van der Waals surface area contributed by atoms with Gasteiger partial charge in [-0.05, 0) is 37.1 Å². The molecule has 0 aromatic heterocycles. The molecule has 2 nitrogen and oxygen atoms in total. The molecule has 2 aliphatic rings. The van der Waals surface area contributed by atoms with Gasteiger partial charge in [-0.2, -0.15) is 5.26 Å². The fourth-order valence-corrected chi connectivity index (χ4v) is 3.47. The predicted molar refractivity (Wildman–Crippen MR) is 72.2 cm³/mol. The smallest absolute Gasteiger partial charge is 0.117 e. The number of nitriles is 1. The van der Waals surface area contributed by atoms with E-state index in [2.05, 4.69) is 35.2 Å². The minimum Gasteiger partial charge on any atom is -0.285 e. The van der Waals surface area contributed by atoms with Crippen LogP contribution in [-0.4, -0.2) is 23.5 Å². The van der Waals surface area contributed by atoms with E-state index < -0.39 is 0 Å². The van der Waals surface area contributed by atoms with Crippen LogP contribution in [0, 0.1) is 11.3 Å². The topological polar surface area (TPSA) is 27.0 Å². The first-order valence-electron chi connectivity index (χ1n) is 7.07. The summed E-state index contributed by atoms with van der Waals surface area (Å²) in [7, 11) is 0. The quantitative estimate of drug-likeness (QED) is 0.754. The maximum Gasteiger partial charge on any atom is 0.117 e. The first kappa shape index (κ1) is 11.7. The highest BCUT2D eigenvalue weighted by Crippen LogP contribution is 2.35. The van der Waals surface area contributed by atoms with Crippen LogP contribution in [0.2, 0.25) is 0 Å². The van der Waals surface area contributed by atoms with E-state index in [9.17, 15) is 5.26 Å². The number of hydrogen-bond donors (Lipinski definition) is 0. The average molecular weight is 240 g/mol. The molecule has 1 saturated heterocycles. The molecule has 94 valence electrons. The number of fused-ring (bicyclic) bond motifs is 1. The van der Waals surface area contributed by atoms with Gasteiger partial charge in [-0.25, -0.2) is 0 Å². The molecule has 1 fully saturated rings. The van der Waals surface area contributed by atoms with E-state index in [1.807, 2.05) is 0 Å². The Kier molecular flexibility index (Phi) is 3.09. The van der Waals surface area contributed by atoms with Gasteiger partial charge in [0.05, 0.1) is 6.07 Å². The summed E-state index contributed by atoms with van der Waals surface area (Å²) in [6.07, 6.45) is 6.98. The van der Waals surface area contributed by atoms with Gasteiger partial charge in [-0.15, -0.1) is 0 Å². The van der Waals surface area contributed by atoms with E-state index in [0.29, 0.717) is 0 Å². The van der Waals surface area contributed by atoms with E-state index in [-0.39, 0.29) is 5.54 Å². The van der Waals surface area contributed by atoms with Crippen LogP contribution in [0.5, 0.6) is 0 Å². The second-order valence-corrected chi connectivity index (χ2v) is 5.67. The summed E-state index contributed by atoms with van der Waals surface area (Å²) < 4.78 is 0. The van der Waals surface area contributed by atoms with Crippen molar-refractivity contribution in [3.8, 4) is 6.07 Å². The second-order valence-electron chi connectivity index (χ2n) is 5.67. The first-order chi connectivity index (χ1) is 8.84. The van der Waals surface area contributed by atoms with Gasteiger partial charge in [0, 0.05) is 12.8 Å². The van der Waals surface area contributed by atoms with Gasteiger partial charge in [0.2, 0.25) is 0 Å². The van der Waals surface area contributed by atoms with Gasteiger partial charge in [-0.3, -0.25) is 4.90 Å². The van der Waals surface area contributed by atoms with E-state index in [1.54, 1.807) is 0 Å². The first-order valence-corrected chi connectivity index (χ1v) is 7.07. The number of likely N-dealkylation sites (tertiary alicyclic amines) is 1. The molecular formula is C16H20N2. The SMILES string of the molecule is N#CC1(N2CCCCCC2)Cc2ccccc2C1. The Morgan fingerprint density at radius 2 is 1.50 bits per heavy atom. The largest absolute Gasteiger partial charge is 0.285 e. The van der Waals surface area contributed by atoms with Crippen LogP contribution >= 0.6 is 0 Å². The van der Waals surface area contributed by atoms with E-state index in [4.69, 9.17) is 0 Å². The maximum atomic E-state index is 9.74. The zero-order valence-corrected chi connectivity index (χ0v) is 10.9. The molecule has 1 aliphatic carbocycles. The maximum absolute atomic E-state index is 9.74. The monoisotopic (exact) mass is 240 g/mol. The van der Waals surface area contributed by atoms with Crippen LogP contribution in [-0.2, 0) is 12.8 Å². The van der Waals surface area contributed by atoms with Crippen molar-refractivity contribution in [2.75, 3.05) is 13.1 Å². The van der Waals surface area contributed by atoms with Gasteiger partial charge >= 0.3 is 0 Å². The molecule has 0 atom stereocenters. The second kappa shape index (κ2) is 4.74. The van der Waals surface area contributed by atoms with Gasteiger partial charge < -0.3 is 0 Å². The van der Waals surface area contributed by atoms with Crippen LogP contribution in [0.15, 0.2) is 24.3 Å². The lowest BCUT2D eigenvalue weighted by atomic mass is 9.94. The zero-order chi connectivity index (χ0) is 12.4. The lowest BCUT2D eigenvalue weighted by Gasteiger charge is -2.35. The Balaban J connectivity index is 1.87. The highest BCUT2D eigenvalue weighted by Gasteiger charge is 2.42. The predicted octanol–water partition coefficient (Wildman–Crippen LogP) is 2.92. The molecule has 0 amide bonds. The van der Waals surface area contributed by atoms with Crippen molar-refractivity contribution in [2.45, 2.75) is 44.1 Å². The Bertz CT molecular complexity index is 439. The number of hydrogen-bond acceptors (Lipinski definition) is 2. The minimum atomic E-state index is -0.256. The average Bonchev–Trinajstić information content (AvgIpc) is 2.59. The molecule has 0 N–H and O–H groups in total. The van der Waals surface area contributed by atoms with E-state index >= 15 is 0 Å². The van der Waals surface area contributed by atoms with Crippen LogP contribution in [0.3, 0.4) is 0 Å². The van der Waals surface area contributed by atoms with Crippen molar-refractivity contribution in [2.24, 2.45) is 0 Å². The number of rotatable bonds is 1. The van der Waals surface area contributed by atoms with E-state index in [1.165, 1.54) is 36.8 Å². The van der Waals surface area contributed by atoms with Crippen LogP contribution in [0.25, 0.3) is 0 Å². The molecule has 3 rings (SSSR count). The van der Waals surface area contributed by atoms with Crippen LogP contribution < -0.4 is 0 Å². The highest BCUT2D eigenvalue weighted by atomic mass is 15.2. The van der Waals surface area contributed by atoms with Crippen LogP contribution in [0.4, 0.5) is 0 Å². The summed E-state index contributed by atoms with van der Waals surface area (Å²) in [4.78, 5) is 2.46. The minimum absolute atomic E-state index is 0.256. The van der Waals surface area contributed by atoms with Gasteiger partial charge in [0.1, 0.15) is 5.54 Å². The molecule has 1 aromatic carbocycles. The van der Waals surface area contributed by atoms with Gasteiger partial charge in [-0.1, -0.05) is 37.1 Å². The Morgan fingerprint density at radius 1 is 0.944 bits per heavy atom. The molecule has 0 radical (unpaired) electrons. The van der Waals surface area contributed by atoms with Crippen molar-refractivity contribution < 1.29 is 0 Å². The Hall–Kier alpha value is -1.33. The van der Waals surface area contributed by atoms with Gasteiger partial charge in [0.25, 0.3) is 0 Å². The molecule has 0 saturated carbocycles. The summed E-state index contributed by atoms with van der Waals surface area (Å²) >= 11 is 0. The molecule has 18 heavy (non-hydrogen) atoms. The molecule has 2 heteroatoms. The molecule has 0 spiro atoms. The fraction of sp³-hybridized carbons (Fsp3) is 0.562. The van der Waals surface area contributed by atoms with E-state index in [0.717, 1.165) is 25.9 Å². The normalized spacial score (nSPS) is 23.1. The van der Waals surface area contributed by atoms with Crippen LogP contribution in [0.1, 0.15) is 36.8 Å². The molecule has 1 heterocycles. The lowest BCUT2D eigenvalue weighted by Crippen LogP contribution is -2.49. The van der Waals surface area contributed by atoms with Crippen molar-refractivity contribution >= 4 is 0 Å². The van der Waals surface area contributed by atoms with Crippen molar-refractivity contribution in [1.82, 2.24) is 4.90 Å². The summed E-state index contributed by atoms with van der Waals surface area (Å²) in [5.41, 5.74) is 2.50. The third-order valence-electron chi connectivity index (χ3n) is 4.50. The van der Waals surface area contributed by atoms with Crippen molar-refractivity contribution in [1.29, 1.82) is 5.26 Å². The summed E-state index contributed by atoms with van der Waals surface area (Å²) in [6, 6.07) is 11.2. The fourth-order valence-electron chi connectivity index (χ4n) is 3.47. The summed E-state index contributed by atoms with van der Waals surface area (Å²) in [5.74, 6) is 0. The summed E-state index contributed by atoms with van der Waals surface area (Å²) in [5, 5.41) is 9.74. The van der Waals surface area contributed by atoms with Crippen molar-refractivity contribution in [3.05, 3.63) is 35.4 Å². The number of nitrogens with zero attached hydrogens (tertiary/aromatic N) is 2. The molecule has 1 aliphatic heterocycles. The van der Waals surface area contributed by atoms with Crippen molar-refractivity contribution in [3.63, 3.8) is 0 Å². The number of benzene rings is 1. The molecule has 0 unspecified atom stereocenters.